The average molecular weight is 1520 g/mol. The number of carbonyl (C=O) groups excluding carboxylic acids is 3. The predicted molar refractivity (Wildman–Crippen MR) is 418 cm³/mol. The molecular weight excluding hydrogens is 1400 g/mol. The molecule has 13 aliphatic rings. The van der Waals surface area contributed by atoms with Gasteiger partial charge in [-0.25, -0.2) is 0 Å². The van der Waals surface area contributed by atoms with Crippen molar-refractivity contribution in [2.45, 2.75) is 277 Å². The molecular formula is C88H120Cl3N3O12. The Labute approximate surface area is 646 Å². The van der Waals surface area contributed by atoms with Crippen LogP contribution >= 0.6 is 34.8 Å². The standard InChI is InChI=1S/C30H40ClNO4.2C29H40ClNO4/c1-27(2,3)22-12-19(13-22)23-7-6-20(14-24(23)31)28(4)15-25(33)32(16-21(28)8-11-36-5)30-10-9-29(17-30,18-30)26(34)35;2*1-19(16-35-6)22-15-31(29-12-11-28(17-29,18-29)25(33)34)24(32)14-27(22,5)21-8-7-20(23(30)13-21)9-10-26(2,3)4/h6-7,14,16,19,22H,8-13,15,17-18H2,1-5H3,(H,34,35);2*7-8,13,15,19H,9-12,14,16-18H2,1-6H3,(H,33,34)/t19?,22?,28-,29?,30?;19-,27+,28?,29?;19-,27-,28?,29?/m010/s1. The van der Waals surface area contributed by atoms with E-state index in [9.17, 15) is 44.1 Å². The van der Waals surface area contributed by atoms with E-state index in [1.54, 1.807) is 21.3 Å². The molecule has 10 fully saturated rings. The molecule has 18 heteroatoms. The zero-order valence-electron chi connectivity index (χ0n) is 66.4. The van der Waals surface area contributed by atoms with Crippen LogP contribution in [-0.4, -0.2) is 123 Å². The Morgan fingerprint density at radius 2 is 0.840 bits per heavy atom. The first-order valence-corrected chi connectivity index (χ1v) is 40.1. The minimum atomic E-state index is -0.724. The highest BCUT2D eigenvalue weighted by Crippen LogP contribution is 2.68. The van der Waals surface area contributed by atoms with E-state index in [1.807, 2.05) is 45.4 Å². The fourth-order valence-electron chi connectivity index (χ4n) is 20.9. The number of hydrogen-bond acceptors (Lipinski definition) is 9. The first kappa shape index (κ1) is 81.4. The summed E-state index contributed by atoms with van der Waals surface area (Å²) in [6, 6.07) is 19.0. The third kappa shape index (κ3) is 15.0. The van der Waals surface area contributed by atoms with Crippen molar-refractivity contribution in [3.63, 3.8) is 0 Å². The largest absolute Gasteiger partial charge is 0.481 e. The fraction of sp³-hybridized carbons (Fsp3) is 0.659. The van der Waals surface area contributed by atoms with Gasteiger partial charge in [0, 0.05) is 126 Å². The second-order valence-corrected chi connectivity index (χ2v) is 40.0. The average Bonchev–Trinajstić information content (AvgIpc) is 1.44. The SMILES string of the molecule is COCCC1=CN(C23CCC(C(=O)O)(C2)C3)C(=O)C[C@@]1(C)c1ccc(C2CC(C(C)(C)C)C2)c(Cl)c1.COC[C@@H](C)C1=CN(C23CCC(C(=O)O)(C2)C3)C(=O)C[C@@]1(C)c1ccc(CCC(C)(C)C)c(Cl)c1.COC[C@H](C)C1=CN(C23CCC(C(=O)O)(C2)C3)C(=O)C[C@@]1(C)c1ccc(CCC(C)(C)C)c(Cl)c1. The second kappa shape index (κ2) is 29.3. The maximum atomic E-state index is 13.6. The molecule has 0 spiro atoms. The lowest BCUT2D eigenvalue weighted by molar-refractivity contribution is -0.161. The Balaban J connectivity index is 0.000000159. The number of carboxylic acid groups (broad SMARTS) is 3. The molecule has 10 saturated carbocycles. The van der Waals surface area contributed by atoms with Gasteiger partial charge >= 0.3 is 17.9 Å². The molecule has 580 valence electrons. The Morgan fingerprint density at radius 3 is 1.16 bits per heavy atom. The highest BCUT2D eigenvalue weighted by atomic mass is 35.5. The van der Waals surface area contributed by atoms with E-state index in [4.69, 9.17) is 49.0 Å². The van der Waals surface area contributed by atoms with Crippen molar-refractivity contribution in [3.05, 3.63) is 138 Å². The zero-order valence-corrected chi connectivity index (χ0v) is 68.7. The topological polar surface area (TPSA) is 201 Å². The summed E-state index contributed by atoms with van der Waals surface area (Å²) in [4.78, 5) is 82.0. The fourth-order valence-corrected chi connectivity index (χ4v) is 21.8. The minimum Gasteiger partial charge on any atom is -0.481 e. The highest BCUT2D eigenvalue weighted by Gasteiger charge is 2.71. The molecule has 0 radical (unpaired) electrons. The monoisotopic (exact) mass is 1520 g/mol. The summed E-state index contributed by atoms with van der Waals surface area (Å²) in [5, 5.41) is 31.4. The van der Waals surface area contributed by atoms with Gasteiger partial charge in [0.25, 0.3) is 0 Å². The van der Waals surface area contributed by atoms with Crippen molar-refractivity contribution in [1.29, 1.82) is 0 Å². The Bertz CT molecular complexity index is 3850. The van der Waals surface area contributed by atoms with E-state index in [0.717, 1.165) is 110 Å². The van der Waals surface area contributed by atoms with Gasteiger partial charge in [-0.05, 0) is 218 Å². The predicted octanol–water partition coefficient (Wildman–Crippen LogP) is 19.4. The molecule has 3 aromatic rings. The molecule has 16 rings (SSSR count). The van der Waals surface area contributed by atoms with Gasteiger partial charge in [-0.1, -0.05) is 168 Å². The first-order valence-electron chi connectivity index (χ1n) is 39.0. The molecule has 6 bridgehead atoms. The number of nitrogens with zero attached hydrogens (tertiary/aromatic N) is 3. The summed E-state index contributed by atoms with van der Waals surface area (Å²) in [7, 11) is 5.09. The zero-order chi connectivity index (χ0) is 77.7. The lowest BCUT2D eigenvalue weighted by Gasteiger charge is -2.53. The molecule has 3 amide bonds. The van der Waals surface area contributed by atoms with E-state index in [2.05, 4.69) is 139 Å². The summed E-state index contributed by atoms with van der Waals surface area (Å²) < 4.78 is 16.5. The number of fused-ring (bicyclic) bond motifs is 3. The molecule has 15 nitrogen and oxygen atoms in total. The maximum absolute atomic E-state index is 13.6. The number of aryl methyl sites for hydroxylation is 2. The molecule has 3 aromatic carbocycles. The second-order valence-electron chi connectivity index (χ2n) is 38.8. The molecule has 0 aromatic heterocycles. The summed E-state index contributed by atoms with van der Waals surface area (Å²) in [5.41, 5.74) is 6.42. The van der Waals surface area contributed by atoms with Crippen LogP contribution < -0.4 is 0 Å². The molecule has 3 heterocycles. The molecule has 3 N–H and O–H groups in total. The van der Waals surface area contributed by atoms with Crippen molar-refractivity contribution in [3.8, 4) is 0 Å². The molecule has 0 saturated heterocycles. The van der Waals surface area contributed by atoms with Gasteiger partial charge in [0.2, 0.25) is 17.7 Å². The van der Waals surface area contributed by atoms with E-state index in [1.165, 1.54) is 18.4 Å². The third-order valence-electron chi connectivity index (χ3n) is 27.8. The van der Waals surface area contributed by atoms with Gasteiger partial charge in [0.1, 0.15) is 0 Å². The molecule has 5 atom stereocenters. The quantitative estimate of drug-likeness (QED) is 0.0812. The third-order valence-corrected chi connectivity index (χ3v) is 28.8. The number of methoxy groups -OCH3 is 3. The normalized spacial score (nSPS) is 32.8. The summed E-state index contributed by atoms with van der Waals surface area (Å²) in [6.45, 7) is 32.7. The van der Waals surface area contributed by atoms with Crippen molar-refractivity contribution in [2.75, 3.05) is 41.2 Å². The number of hydrogen-bond donors (Lipinski definition) is 3. The smallest absolute Gasteiger partial charge is 0.309 e. The Kier molecular flexibility index (Phi) is 22.5. The van der Waals surface area contributed by atoms with Crippen LogP contribution in [0.1, 0.15) is 265 Å². The number of aliphatic carboxylic acids is 3. The number of benzene rings is 3. The summed E-state index contributed by atoms with van der Waals surface area (Å²) in [5.74, 6) is -0.535. The molecule has 106 heavy (non-hydrogen) atoms. The van der Waals surface area contributed by atoms with Gasteiger partial charge in [-0.2, -0.15) is 0 Å². The van der Waals surface area contributed by atoms with E-state index in [0.29, 0.717) is 115 Å². The van der Waals surface area contributed by atoms with Crippen molar-refractivity contribution < 1.29 is 58.3 Å². The van der Waals surface area contributed by atoms with Crippen LogP contribution in [0.4, 0.5) is 0 Å². The Hall–Kier alpha value is -5.55. The van der Waals surface area contributed by atoms with Crippen LogP contribution in [0.5, 0.6) is 0 Å². The summed E-state index contributed by atoms with van der Waals surface area (Å²) >= 11 is 20.4. The number of ether oxygens (including phenoxy) is 3. The molecule has 3 aliphatic heterocycles. The van der Waals surface area contributed by atoms with Crippen LogP contribution in [0.2, 0.25) is 15.1 Å². The van der Waals surface area contributed by atoms with Crippen molar-refractivity contribution in [2.24, 2.45) is 50.2 Å². The van der Waals surface area contributed by atoms with Gasteiger partial charge in [0.05, 0.1) is 29.5 Å². The van der Waals surface area contributed by atoms with Crippen LogP contribution in [0.15, 0.2) is 89.9 Å². The first-order chi connectivity index (χ1) is 49.3. The Morgan fingerprint density at radius 1 is 0.491 bits per heavy atom. The number of halogens is 3. The van der Waals surface area contributed by atoms with Gasteiger partial charge < -0.3 is 44.2 Å². The van der Waals surface area contributed by atoms with Crippen molar-refractivity contribution in [1.82, 2.24) is 14.7 Å². The summed E-state index contributed by atoms with van der Waals surface area (Å²) in [6.07, 6.45) is 21.6. The van der Waals surface area contributed by atoms with E-state index in [-0.39, 0.29) is 57.0 Å². The minimum absolute atomic E-state index is 0.0645. The lowest BCUT2D eigenvalue weighted by Crippen LogP contribution is -2.60. The van der Waals surface area contributed by atoms with Crippen LogP contribution in [0.3, 0.4) is 0 Å². The van der Waals surface area contributed by atoms with Crippen LogP contribution in [0, 0.1) is 50.2 Å². The van der Waals surface area contributed by atoms with Crippen LogP contribution in [0.25, 0.3) is 0 Å². The van der Waals surface area contributed by atoms with Crippen LogP contribution in [-0.2, 0) is 72.1 Å². The van der Waals surface area contributed by atoms with Gasteiger partial charge in [-0.15, -0.1) is 0 Å². The number of carbonyl (C=O) groups is 6. The van der Waals surface area contributed by atoms with Crippen molar-refractivity contribution >= 4 is 70.4 Å². The molecule has 0 unspecified atom stereocenters. The maximum Gasteiger partial charge on any atom is 0.309 e. The number of amides is 3. The molecule has 10 aliphatic carbocycles. The van der Waals surface area contributed by atoms with E-state index >= 15 is 0 Å². The lowest BCUT2D eigenvalue weighted by atomic mass is 9.61. The number of carboxylic acids is 3. The number of rotatable bonds is 23. The van der Waals surface area contributed by atoms with Gasteiger partial charge in [0.15, 0.2) is 0 Å². The van der Waals surface area contributed by atoms with E-state index < -0.39 is 50.4 Å². The van der Waals surface area contributed by atoms with Gasteiger partial charge in [-0.3, -0.25) is 28.8 Å². The highest BCUT2D eigenvalue weighted by molar-refractivity contribution is 6.32.